The third-order valence-electron chi connectivity index (χ3n) is 4.24. The Balaban J connectivity index is 1.57. The molecular weight excluding hydrogens is 402 g/mol. The molecule has 2 aromatic carbocycles. The zero-order valence-corrected chi connectivity index (χ0v) is 17.1. The van der Waals surface area contributed by atoms with Gasteiger partial charge in [0.25, 0.3) is 0 Å². The predicted octanol–water partition coefficient (Wildman–Crippen LogP) is 1.24. The van der Waals surface area contributed by atoms with Crippen LogP contribution in [0.25, 0.3) is 11.4 Å². The summed E-state index contributed by atoms with van der Waals surface area (Å²) in [6.07, 6.45) is 3.39. The Hall–Kier alpha value is -3.14. The topological polar surface area (TPSA) is 127 Å². The SMILES string of the molecule is NCCNS(=O)(=O)c1cccc(CNC(=O)Cc2cnc(-c3ccccc3)nc2)c1. The molecule has 4 N–H and O–H groups in total. The molecule has 1 heterocycles. The number of hydrogen-bond acceptors (Lipinski definition) is 6. The molecule has 0 radical (unpaired) electrons. The first-order valence-electron chi connectivity index (χ1n) is 9.39. The largest absolute Gasteiger partial charge is 0.352 e. The van der Waals surface area contributed by atoms with E-state index in [0.29, 0.717) is 17.0 Å². The van der Waals surface area contributed by atoms with Crippen LogP contribution in [0.4, 0.5) is 0 Å². The molecule has 156 valence electrons. The van der Waals surface area contributed by atoms with E-state index < -0.39 is 10.0 Å². The molecule has 3 aromatic rings. The number of nitrogens with two attached hydrogens (primary N) is 1. The van der Waals surface area contributed by atoms with E-state index in [9.17, 15) is 13.2 Å². The smallest absolute Gasteiger partial charge is 0.240 e. The van der Waals surface area contributed by atoms with Gasteiger partial charge in [-0.15, -0.1) is 0 Å². The normalized spacial score (nSPS) is 11.2. The third-order valence-corrected chi connectivity index (χ3v) is 5.70. The Bertz CT molecular complexity index is 1090. The van der Waals surface area contributed by atoms with Gasteiger partial charge < -0.3 is 11.1 Å². The van der Waals surface area contributed by atoms with Crippen molar-refractivity contribution in [3.8, 4) is 11.4 Å². The van der Waals surface area contributed by atoms with E-state index in [-0.39, 0.29) is 36.9 Å². The number of carbonyl (C=O) groups is 1. The van der Waals surface area contributed by atoms with Crippen LogP contribution >= 0.6 is 0 Å². The average molecular weight is 426 g/mol. The van der Waals surface area contributed by atoms with Crippen molar-refractivity contribution in [2.75, 3.05) is 13.1 Å². The Morgan fingerprint density at radius 1 is 0.967 bits per heavy atom. The summed E-state index contributed by atoms with van der Waals surface area (Å²) in [5.74, 6) is 0.390. The molecule has 0 atom stereocenters. The van der Waals surface area contributed by atoms with E-state index >= 15 is 0 Å². The molecule has 0 spiro atoms. The third kappa shape index (κ3) is 5.93. The lowest BCUT2D eigenvalue weighted by molar-refractivity contribution is -0.120. The minimum Gasteiger partial charge on any atom is -0.352 e. The monoisotopic (exact) mass is 425 g/mol. The lowest BCUT2D eigenvalue weighted by Crippen LogP contribution is -2.29. The van der Waals surface area contributed by atoms with Crippen molar-refractivity contribution in [2.24, 2.45) is 5.73 Å². The predicted molar refractivity (Wildman–Crippen MR) is 114 cm³/mol. The average Bonchev–Trinajstić information content (AvgIpc) is 2.78. The van der Waals surface area contributed by atoms with E-state index in [2.05, 4.69) is 20.0 Å². The highest BCUT2D eigenvalue weighted by atomic mass is 32.2. The van der Waals surface area contributed by atoms with Crippen molar-refractivity contribution in [3.63, 3.8) is 0 Å². The van der Waals surface area contributed by atoms with Gasteiger partial charge in [-0.05, 0) is 23.3 Å². The molecular formula is C21H23N5O3S. The summed E-state index contributed by atoms with van der Waals surface area (Å²) in [5.41, 5.74) is 7.61. The minimum atomic E-state index is -3.62. The van der Waals surface area contributed by atoms with Gasteiger partial charge in [0.1, 0.15) is 0 Å². The quantitative estimate of drug-likeness (QED) is 0.473. The Morgan fingerprint density at radius 2 is 1.70 bits per heavy atom. The summed E-state index contributed by atoms with van der Waals surface area (Å²) >= 11 is 0. The first kappa shape index (κ1) is 21.6. The number of rotatable bonds is 9. The standard InChI is InChI=1S/C21H23N5O3S/c22-9-10-26-30(28,29)19-8-4-5-16(11-19)13-23-20(27)12-17-14-24-21(25-15-17)18-6-2-1-3-7-18/h1-8,11,14-15,26H,9-10,12-13,22H2,(H,23,27). The summed E-state index contributed by atoms with van der Waals surface area (Å²) in [7, 11) is -3.62. The molecule has 3 rings (SSSR count). The van der Waals surface area contributed by atoms with Crippen LogP contribution in [0.2, 0.25) is 0 Å². The van der Waals surface area contributed by atoms with Gasteiger partial charge in [-0.25, -0.2) is 23.1 Å². The second-order valence-electron chi connectivity index (χ2n) is 6.57. The van der Waals surface area contributed by atoms with Crippen LogP contribution in [-0.2, 0) is 27.8 Å². The lowest BCUT2D eigenvalue weighted by Gasteiger charge is -2.09. The van der Waals surface area contributed by atoms with E-state index in [1.54, 1.807) is 24.5 Å². The number of aromatic nitrogens is 2. The summed E-state index contributed by atoms with van der Waals surface area (Å²) in [6, 6.07) is 16.0. The maximum Gasteiger partial charge on any atom is 0.240 e. The van der Waals surface area contributed by atoms with Crippen LogP contribution in [-0.4, -0.2) is 37.4 Å². The number of benzene rings is 2. The van der Waals surface area contributed by atoms with Crippen molar-refractivity contribution in [2.45, 2.75) is 17.9 Å². The molecule has 30 heavy (non-hydrogen) atoms. The highest BCUT2D eigenvalue weighted by Crippen LogP contribution is 2.14. The van der Waals surface area contributed by atoms with Crippen molar-refractivity contribution >= 4 is 15.9 Å². The molecule has 1 amide bonds. The van der Waals surface area contributed by atoms with Gasteiger partial charge in [0.05, 0.1) is 11.3 Å². The van der Waals surface area contributed by atoms with Gasteiger partial charge in [0.2, 0.25) is 15.9 Å². The molecule has 0 fully saturated rings. The number of nitrogens with one attached hydrogen (secondary N) is 2. The van der Waals surface area contributed by atoms with E-state index in [1.807, 2.05) is 30.3 Å². The Labute approximate surface area is 175 Å². The van der Waals surface area contributed by atoms with Crippen LogP contribution < -0.4 is 15.8 Å². The zero-order chi connectivity index (χ0) is 21.4. The fourth-order valence-corrected chi connectivity index (χ4v) is 3.85. The second-order valence-corrected chi connectivity index (χ2v) is 8.34. The van der Waals surface area contributed by atoms with E-state index in [1.165, 1.54) is 12.1 Å². The molecule has 0 unspecified atom stereocenters. The van der Waals surface area contributed by atoms with Gasteiger partial charge in [-0.1, -0.05) is 42.5 Å². The van der Waals surface area contributed by atoms with Gasteiger partial charge >= 0.3 is 0 Å². The number of nitrogens with zero attached hydrogens (tertiary/aromatic N) is 2. The van der Waals surface area contributed by atoms with Gasteiger partial charge in [-0.2, -0.15) is 0 Å². The maximum absolute atomic E-state index is 12.3. The van der Waals surface area contributed by atoms with Crippen molar-refractivity contribution in [1.29, 1.82) is 0 Å². The maximum atomic E-state index is 12.3. The van der Waals surface area contributed by atoms with Gasteiger partial charge in [-0.3, -0.25) is 4.79 Å². The van der Waals surface area contributed by atoms with Crippen LogP contribution in [0.15, 0.2) is 71.9 Å². The van der Waals surface area contributed by atoms with Crippen molar-refractivity contribution in [3.05, 3.63) is 78.1 Å². The summed E-state index contributed by atoms with van der Waals surface area (Å²) < 4.78 is 26.8. The fourth-order valence-electron chi connectivity index (χ4n) is 2.73. The van der Waals surface area contributed by atoms with Gasteiger partial charge in [0, 0.05) is 37.6 Å². The molecule has 0 aliphatic heterocycles. The van der Waals surface area contributed by atoms with Crippen LogP contribution in [0, 0.1) is 0 Å². The molecule has 0 bridgehead atoms. The zero-order valence-electron chi connectivity index (χ0n) is 16.3. The molecule has 0 saturated heterocycles. The number of amides is 1. The second kappa shape index (κ2) is 10.1. The van der Waals surface area contributed by atoms with Crippen molar-refractivity contribution in [1.82, 2.24) is 20.0 Å². The summed E-state index contributed by atoms with van der Waals surface area (Å²) in [5, 5.41) is 2.79. The summed E-state index contributed by atoms with van der Waals surface area (Å²) in [4.78, 5) is 21.0. The first-order valence-corrected chi connectivity index (χ1v) is 10.9. The van der Waals surface area contributed by atoms with Crippen LogP contribution in [0.1, 0.15) is 11.1 Å². The van der Waals surface area contributed by atoms with E-state index in [0.717, 1.165) is 5.56 Å². The Kier molecular flexibility index (Phi) is 7.23. The van der Waals surface area contributed by atoms with Crippen molar-refractivity contribution < 1.29 is 13.2 Å². The molecule has 9 heteroatoms. The number of carbonyl (C=O) groups excluding carboxylic acids is 1. The summed E-state index contributed by atoms with van der Waals surface area (Å²) in [6.45, 7) is 0.585. The molecule has 0 saturated carbocycles. The molecule has 0 aliphatic rings. The Morgan fingerprint density at radius 3 is 2.40 bits per heavy atom. The minimum absolute atomic E-state index is 0.130. The molecule has 8 nitrogen and oxygen atoms in total. The van der Waals surface area contributed by atoms with Crippen LogP contribution in [0.3, 0.4) is 0 Å². The fraction of sp³-hybridized carbons (Fsp3) is 0.190. The highest BCUT2D eigenvalue weighted by molar-refractivity contribution is 7.89. The molecule has 1 aromatic heterocycles. The number of hydrogen-bond donors (Lipinski definition) is 3. The van der Waals surface area contributed by atoms with Gasteiger partial charge in [0.15, 0.2) is 5.82 Å². The lowest BCUT2D eigenvalue weighted by atomic mass is 10.2. The first-order chi connectivity index (χ1) is 14.5. The highest BCUT2D eigenvalue weighted by Gasteiger charge is 2.13. The number of sulfonamides is 1. The van der Waals surface area contributed by atoms with Crippen LogP contribution in [0.5, 0.6) is 0 Å². The molecule has 0 aliphatic carbocycles. The van der Waals surface area contributed by atoms with E-state index in [4.69, 9.17) is 5.73 Å².